The molecule has 0 fully saturated rings. The van der Waals surface area contributed by atoms with E-state index < -0.39 is 0 Å². The Morgan fingerprint density at radius 2 is 2.24 bits per heavy atom. The molecule has 1 unspecified atom stereocenters. The smallest absolute Gasteiger partial charge is 0.251 e. The molecular formula is C13H18FNO2. The quantitative estimate of drug-likeness (QED) is 0.856. The molecule has 1 rings (SSSR count). The van der Waals surface area contributed by atoms with Crippen LogP contribution in [0, 0.1) is 12.7 Å². The third-order valence-electron chi connectivity index (χ3n) is 2.62. The Hall–Kier alpha value is -1.42. The van der Waals surface area contributed by atoms with Crippen LogP contribution in [0.5, 0.6) is 0 Å². The van der Waals surface area contributed by atoms with Crippen LogP contribution in [0.1, 0.15) is 29.3 Å². The van der Waals surface area contributed by atoms with Gasteiger partial charge in [0.1, 0.15) is 5.82 Å². The van der Waals surface area contributed by atoms with E-state index in [1.54, 1.807) is 20.1 Å². The molecule has 1 aromatic rings. The molecule has 1 aromatic carbocycles. The number of hydrogen-bond acceptors (Lipinski definition) is 2. The number of ether oxygens (including phenoxy) is 1. The molecular weight excluding hydrogens is 221 g/mol. The largest absolute Gasteiger partial charge is 0.383 e. The van der Waals surface area contributed by atoms with Crippen LogP contribution in [0.2, 0.25) is 0 Å². The predicted octanol–water partition coefficient (Wildman–Crippen LogP) is 2.29. The Morgan fingerprint density at radius 1 is 1.53 bits per heavy atom. The van der Waals surface area contributed by atoms with Gasteiger partial charge in [-0.05, 0) is 37.1 Å². The van der Waals surface area contributed by atoms with E-state index in [4.69, 9.17) is 4.74 Å². The van der Waals surface area contributed by atoms with Crippen LogP contribution in [0.4, 0.5) is 4.39 Å². The fraction of sp³-hybridized carbons (Fsp3) is 0.462. The topological polar surface area (TPSA) is 38.3 Å². The van der Waals surface area contributed by atoms with Crippen molar-refractivity contribution in [3.8, 4) is 0 Å². The zero-order valence-corrected chi connectivity index (χ0v) is 10.4. The lowest BCUT2D eigenvalue weighted by Crippen LogP contribution is -2.37. The van der Waals surface area contributed by atoms with Gasteiger partial charge in [-0.1, -0.05) is 6.92 Å². The Bertz CT molecular complexity index is 393. The maximum absolute atomic E-state index is 13.1. The Kier molecular flexibility index (Phi) is 5.10. The van der Waals surface area contributed by atoms with Crippen molar-refractivity contribution in [2.45, 2.75) is 26.3 Å². The van der Waals surface area contributed by atoms with Gasteiger partial charge in [-0.3, -0.25) is 4.79 Å². The van der Waals surface area contributed by atoms with Crippen molar-refractivity contribution >= 4 is 5.91 Å². The zero-order valence-electron chi connectivity index (χ0n) is 10.4. The average Bonchev–Trinajstić information content (AvgIpc) is 2.31. The average molecular weight is 239 g/mol. The summed E-state index contributed by atoms with van der Waals surface area (Å²) in [6.07, 6.45) is 0.791. The molecule has 0 aliphatic rings. The summed E-state index contributed by atoms with van der Waals surface area (Å²) in [5.41, 5.74) is 0.941. The number of benzene rings is 1. The van der Waals surface area contributed by atoms with Gasteiger partial charge in [0.25, 0.3) is 5.91 Å². The summed E-state index contributed by atoms with van der Waals surface area (Å²) >= 11 is 0. The monoisotopic (exact) mass is 239 g/mol. The summed E-state index contributed by atoms with van der Waals surface area (Å²) in [6.45, 7) is 4.08. The summed E-state index contributed by atoms with van der Waals surface area (Å²) in [7, 11) is 1.59. The van der Waals surface area contributed by atoms with E-state index in [9.17, 15) is 9.18 Å². The zero-order chi connectivity index (χ0) is 12.8. The number of halogens is 1. The second-order valence-electron chi connectivity index (χ2n) is 4.00. The van der Waals surface area contributed by atoms with E-state index in [1.807, 2.05) is 6.92 Å². The van der Waals surface area contributed by atoms with Crippen LogP contribution >= 0.6 is 0 Å². The number of methoxy groups -OCH3 is 1. The number of carbonyl (C=O) groups is 1. The van der Waals surface area contributed by atoms with Gasteiger partial charge in [-0.2, -0.15) is 0 Å². The number of nitrogens with one attached hydrogen (secondary N) is 1. The molecule has 0 radical (unpaired) electrons. The molecule has 0 heterocycles. The predicted molar refractivity (Wildman–Crippen MR) is 64.6 cm³/mol. The van der Waals surface area contributed by atoms with E-state index in [0.29, 0.717) is 17.7 Å². The Labute approximate surface area is 101 Å². The number of rotatable bonds is 5. The minimum atomic E-state index is -0.300. The minimum Gasteiger partial charge on any atom is -0.383 e. The molecule has 0 saturated carbocycles. The van der Waals surface area contributed by atoms with Gasteiger partial charge in [-0.25, -0.2) is 4.39 Å². The van der Waals surface area contributed by atoms with Gasteiger partial charge in [0.2, 0.25) is 0 Å². The minimum absolute atomic E-state index is 0.0159. The van der Waals surface area contributed by atoms with E-state index in [1.165, 1.54) is 12.1 Å². The second-order valence-corrected chi connectivity index (χ2v) is 4.00. The van der Waals surface area contributed by atoms with Gasteiger partial charge in [0.15, 0.2) is 0 Å². The normalized spacial score (nSPS) is 12.2. The molecule has 17 heavy (non-hydrogen) atoms. The fourth-order valence-electron chi connectivity index (χ4n) is 1.52. The van der Waals surface area contributed by atoms with Crippen LogP contribution in [0.15, 0.2) is 18.2 Å². The first-order chi connectivity index (χ1) is 8.08. The van der Waals surface area contributed by atoms with Crippen molar-refractivity contribution in [3.05, 3.63) is 35.1 Å². The first kappa shape index (κ1) is 13.6. The number of hydrogen-bond donors (Lipinski definition) is 1. The van der Waals surface area contributed by atoms with Crippen molar-refractivity contribution in [2.24, 2.45) is 0 Å². The van der Waals surface area contributed by atoms with Gasteiger partial charge >= 0.3 is 0 Å². The third-order valence-corrected chi connectivity index (χ3v) is 2.62. The number of carbonyl (C=O) groups excluding carboxylic acids is 1. The van der Waals surface area contributed by atoms with E-state index in [0.717, 1.165) is 6.42 Å². The fourth-order valence-corrected chi connectivity index (χ4v) is 1.52. The molecule has 0 spiro atoms. The Balaban J connectivity index is 2.72. The van der Waals surface area contributed by atoms with E-state index in [2.05, 4.69) is 5.32 Å². The van der Waals surface area contributed by atoms with Crippen LogP contribution in [0.3, 0.4) is 0 Å². The molecule has 3 nitrogen and oxygen atoms in total. The number of amides is 1. The summed E-state index contributed by atoms with van der Waals surface area (Å²) in [5.74, 6) is -0.498. The highest BCUT2D eigenvalue weighted by Gasteiger charge is 2.12. The second kappa shape index (κ2) is 6.35. The molecule has 0 aromatic heterocycles. The van der Waals surface area contributed by atoms with Gasteiger partial charge in [-0.15, -0.1) is 0 Å². The van der Waals surface area contributed by atoms with E-state index >= 15 is 0 Å². The van der Waals surface area contributed by atoms with Gasteiger partial charge in [0.05, 0.1) is 12.6 Å². The lowest BCUT2D eigenvalue weighted by atomic mass is 10.1. The van der Waals surface area contributed by atoms with Crippen molar-refractivity contribution in [1.29, 1.82) is 0 Å². The third kappa shape index (κ3) is 3.82. The summed E-state index contributed by atoms with van der Waals surface area (Å²) in [4.78, 5) is 11.9. The lowest BCUT2D eigenvalue weighted by Gasteiger charge is -2.16. The highest BCUT2D eigenvalue weighted by molar-refractivity contribution is 5.94. The highest BCUT2D eigenvalue weighted by atomic mass is 19.1. The molecule has 4 heteroatoms. The van der Waals surface area contributed by atoms with Gasteiger partial charge in [0, 0.05) is 12.7 Å². The highest BCUT2D eigenvalue weighted by Crippen LogP contribution is 2.09. The summed E-state index contributed by atoms with van der Waals surface area (Å²) in [5, 5.41) is 2.84. The summed E-state index contributed by atoms with van der Waals surface area (Å²) in [6, 6.07) is 4.32. The lowest BCUT2D eigenvalue weighted by molar-refractivity contribution is 0.0894. The molecule has 94 valence electrons. The molecule has 0 aliphatic heterocycles. The van der Waals surface area contributed by atoms with Crippen molar-refractivity contribution in [3.63, 3.8) is 0 Å². The van der Waals surface area contributed by atoms with Crippen molar-refractivity contribution < 1.29 is 13.9 Å². The number of aryl methyl sites for hydroxylation is 1. The first-order valence-electron chi connectivity index (χ1n) is 5.64. The molecule has 1 atom stereocenters. The van der Waals surface area contributed by atoms with Crippen molar-refractivity contribution in [1.82, 2.24) is 5.32 Å². The van der Waals surface area contributed by atoms with Crippen LogP contribution in [0.25, 0.3) is 0 Å². The Morgan fingerprint density at radius 3 is 2.76 bits per heavy atom. The molecule has 1 N–H and O–H groups in total. The molecule has 1 amide bonds. The molecule has 0 bridgehead atoms. The van der Waals surface area contributed by atoms with Crippen LogP contribution < -0.4 is 5.32 Å². The first-order valence-corrected chi connectivity index (χ1v) is 5.64. The van der Waals surface area contributed by atoms with Crippen LogP contribution in [-0.4, -0.2) is 25.7 Å². The van der Waals surface area contributed by atoms with Crippen molar-refractivity contribution in [2.75, 3.05) is 13.7 Å². The van der Waals surface area contributed by atoms with Gasteiger partial charge < -0.3 is 10.1 Å². The van der Waals surface area contributed by atoms with E-state index in [-0.39, 0.29) is 17.8 Å². The molecule has 0 aliphatic carbocycles. The molecule has 0 saturated heterocycles. The summed E-state index contributed by atoms with van der Waals surface area (Å²) < 4.78 is 18.1. The maximum atomic E-state index is 13.1. The maximum Gasteiger partial charge on any atom is 0.251 e. The standard InChI is InChI=1S/C13H18FNO2/c1-4-11(8-17-3)15-13(16)10-5-6-12(14)9(2)7-10/h5-7,11H,4,8H2,1-3H3,(H,15,16). The SMILES string of the molecule is CCC(COC)NC(=O)c1ccc(F)c(C)c1. The van der Waals surface area contributed by atoms with Crippen LogP contribution in [-0.2, 0) is 4.74 Å².